The predicted molar refractivity (Wildman–Crippen MR) is 55.6 cm³/mol. The lowest BCUT2D eigenvalue weighted by Gasteiger charge is -2.15. The Balaban J connectivity index is 2.82. The van der Waals surface area contributed by atoms with E-state index in [0.29, 0.717) is 0 Å². The van der Waals surface area contributed by atoms with Crippen molar-refractivity contribution in [1.82, 2.24) is 5.32 Å². The minimum absolute atomic E-state index is 0.185. The Morgan fingerprint density at radius 1 is 1.41 bits per heavy atom. The number of nitrogens with zero attached hydrogens (tertiary/aromatic N) is 1. The maximum atomic E-state index is 12.0. The van der Waals surface area contributed by atoms with Gasteiger partial charge in [0, 0.05) is 17.7 Å². The van der Waals surface area contributed by atoms with Gasteiger partial charge in [-0.15, -0.1) is 0 Å². The van der Waals surface area contributed by atoms with Gasteiger partial charge < -0.3 is 5.32 Å². The van der Waals surface area contributed by atoms with Crippen molar-refractivity contribution in [3.63, 3.8) is 0 Å². The van der Waals surface area contributed by atoms with Crippen LogP contribution < -0.4 is 5.32 Å². The van der Waals surface area contributed by atoms with Gasteiger partial charge >= 0.3 is 6.18 Å². The van der Waals surface area contributed by atoms with Gasteiger partial charge in [0.15, 0.2) is 0 Å². The van der Waals surface area contributed by atoms with Crippen LogP contribution in [-0.4, -0.2) is 17.6 Å². The summed E-state index contributed by atoms with van der Waals surface area (Å²) in [5.41, 5.74) is 0.0522. The Bertz CT molecular complexity index is 407. The van der Waals surface area contributed by atoms with E-state index in [1.807, 2.05) is 0 Å². The van der Waals surface area contributed by atoms with Crippen LogP contribution in [0, 0.1) is 10.1 Å². The van der Waals surface area contributed by atoms with E-state index in [1.54, 1.807) is 6.07 Å². The second-order valence-corrected chi connectivity index (χ2v) is 3.53. The molecule has 1 aromatic rings. The maximum absolute atomic E-state index is 12.0. The lowest BCUT2D eigenvalue weighted by Crippen LogP contribution is -2.31. The summed E-state index contributed by atoms with van der Waals surface area (Å²) in [5, 5.41) is 12.9. The van der Waals surface area contributed by atoms with Gasteiger partial charge in [-0.25, -0.2) is 0 Å². The molecule has 0 saturated carbocycles. The summed E-state index contributed by atoms with van der Waals surface area (Å²) in [6, 6.07) is 4.98. The SMILES string of the molecule is CC(NCC(F)(F)F)c1ccccc1[N+](=O)[O-]. The topological polar surface area (TPSA) is 55.2 Å². The highest BCUT2D eigenvalue weighted by Crippen LogP contribution is 2.25. The van der Waals surface area contributed by atoms with E-state index < -0.39 is 23.7 Å². The molecule has 0 bridgehead atoms. The molecule has 0 saturated heterocycles. The molecule has 1 aromatic carbocycles. The molecular formula is C10H11F3N2O2. The van der Waals surface area contributed by atoms with Crippen molar-refractivity contribution in [3.05, 3.63) is 39.9 Å². The minimum atomic E-state index is -4.34. The van der Waals surface area contributed by atoms with Crippen LogP contribution in [0.5, 0.6) is 0 Å². The summed E-state index contributed by atoms with van der Waals surface area (Å²) in [4.78, 5) is 10.1. The summed E-state index contributed by atoms with van der Waals surface area (Å²) in [5.74, 6) is 0. The van der Waals surface area contributed by atoms with Crippen molar-refractivity contribution >= 4 is 5.69 Å². The molecule has 0 radical (unpaired) electrons. The quantitative estimate of drug-likeness (QED) is 0.658. The molecule has 0 aromatic heterocycles. The Kier molecular flexibility index (Phi) is 4.06. The molecule has 7 heteroatoms. The molecule has 0 spiro atoms. The normalized spacial score (nSPS) is 13.4. The summed E-state index contributed by atoms with van der Waals surface area (Å²) >= 11 is 0. The number of alkyl halides is 3. The number of rotatable bonds is 4. The molecule has 1 N–H and O–H groups in total. The van der Waals surface area contributed by atoms with Crippen molar-refractivity contribution in [2.45, 2.75) is 19.1 Å². The van der Waals surface area contributed by atoms with Crippen LogP contribution in [0.1, 0.15) is 18.5 Å². The molecule has 1 rings (SSSR count). The van der Waals surface area contributed by atoms with E-state index in [4.69, 9.17) is 0 Å². The number of nitro benzene ring substituents is 1. The van der Waals surface area contributed by atoms with E-state index in [2.05, 4.69) is 5.32 Å². The van der Waals surface area contributed by atoms with Crippen LogP contribution in [0.2, 0.25) is 0 Å². The number of hydrogen-bond donors (Lipinski definition) is 1. The molecule has 17 heavy (non-hydrogen) atoms. The fourth-order valence-electron chi connectivity index (χ4n) is 1.40. The van der Waals surface area contributed by atoms with Gasteiger partial charge in [-0.3, -0.25) is 10.1 Å². The molecule has 0 amide bonds. The Labute approximate surface area is 95.6 Å². The molecule has 0 aliphatic heterocycles. The van der Waals surface area contributed by atoms with E-state index in [-0.39, 0.29) is 11.3 Å². The third-order valence-corrected chi connectivity index (χ3v) is 2.21. The Hall–Kier alpha value is -1.63. The average molecular weight is 248 g/mol. The van der Waals surface area contributed by atoms with Gasteiger partial charge in [0.2, 0.25) is 0 Å². The van der Waals surface area contributed by atoms with Gasteiger partial charge in [0.25, 0.3) is 5.69 Å². The van der Waals surface area contributed by atoms with Crippen LogP contribution in [0.25, 0.3) is 0 Å². The average Bonchev–Trinajstić information content (AvgIpc) is 2.25. The lowest BCUT2D eigenvalue weighted by atomic mass is 10.1. The molecular weight excluding hydrogens is 237 g/mol. The molecule has 94 valence electrons. The standard InChI is InChI=1S/C10H11F3N2O2/c1-7(14-6-10(11,12)13)8-4-2-3-5-9(8)15(16)17/h2-5,7,14H,6H2,1H3. The van der Waals surface area contributed by atoms with Crippen molar-refractivity contribution in [2.24, 2.45) is 0 Å². The number of hydrogen-bond acceptors (Lipinski definition) is 3. The maximum Gasteiger partial charge on any atom is 0.401 e. The second kappa shape index (κ2) is 5.13. The van der Waals surface area contributed by atoms with Gasteiger partial charge in [-0.05, 0) is 6.92 Å². The highest BCUT2D eigenvalue weighted by molar-refractivity contribution is 5.41. The van der Waals surface area contributed by atoms with Gasteiger partial charge in [-0.2, -0.15) is 13.2 Å². The first-order chi connectivity index (χ1) is 7.81. The molecule has 0 heterocycles. The van der Waals surface area contributed by atoms with Crippen molar-refractivity contribution in [2.75, 3.05) is 6.54 Å². The van der Waals surface area contributed by atoms with E-state index >= 15 is 0 Å². The van der Waals surface area contributed by atoms with Crippen LogP contribution >= 0.6 is 0 Å². The van der Waals surface area contributed by atoms with Gasteiger partial charge in [0.05, 0.1) is 11.5 Å². The van der Waals surface area contributed by atoms with Crippen LogP contribution in [-0.2, 0) is 0 Å². The molecule has 4 nitrogen and oxygen atoms in total. The fourth-order valence-corrected chi connectivity index (χ4v) is 1.40. The second-order valence-electron chi connectivity index (χ2n) is 3.53. The number of para-hydroxylation sites is 1. The zero-order chi connectivity index (χ0) is 13.1. The van der Waals surface area contributed by atoms with Crippen molar-refractivity contribution in [3.8, 4) is 0 Å². The number of benzene rings is 1. The first-order valence-corrected chi connectivity index (χ1v) is 4.84. The first-order valence-electron chi connectivity index (χ1n) is 4.84. The van der Waals surface area contributed by atoms with Gasteiger partial charge in [0.1, 0.15) is 0 Å². The third kappa shape index (κ3) is 4.03. The monoisotopic (exact) mass is 248 g/mol. The minimum Gasteiger partial charge on any atom is -0.302 e. The third-order valence-electron chi connectivity index (χ3n) is 2.21. The van der Waals surface area contributed by atoms with E-state index in [9.17, 15) is 23.3 Å². The predicted octanol–water partition coefficient (Wildman–Crippen LogP) is 2.81. The largest absolute Gasteiger partial charge is 0.401 e. The fraction of sp³-hybridized carbons (Fsp3) is 0.400. The van der Waals surface area contributed by atoms with Crippen LogP contribution in [0.15, 0.2) is 24.3 Å². The van der Waals surface area contributed by atoms with E-state index in [1.165, 1.54) is 25.1 Å². The summed E-state index contributed by atoms with van der Waals surface area (Å²) in [6.07, 6.45) is -4.34. The van der Waals surface area contributed by atoms with Crippen LogP contribution in [0.4, 0.5) is 18.9 Å². The van der Waals surface area contributed by atoms with Crippen molar-refractivity contribution in [1.29, 1.82) is 0 Å². The Morgan fingerprint density at radius 2 is 2.00 bits per heavy atom. The number of nitrogens with one attached hydrogen (secondary N) is 1. The van der Waals surface area contributed by atoms with E-state index in [0.717, 1.165) is 0 Å². The highest BCUT2D eigenvalue weighted by atomic mass is 19.4. The zero-order valence-corrected chi connectivity index (χ0v) is 8.99. The lowest BCUT2D eigenvalue weighted by molar-refractivity contribution is -0.385. The highest BCUT2D eigenvalue weighted by Gasteiger charge is 2.28. The Morgan fingerprint density at radius 3 is 2.53 bits per heavy atom. The van der Waals surface area contributed by atoms with Crippen LogP contribution in [0.3, 0.4) is 0 Å². The number of nitro groups is 1. The smallest absolute Gasteiger partial charge is 0.302 e. The zero-order valence-electron chi connectivity index (χ0n) is 8.99. The molecule has 0 aliphatic carbocycles. The molecule has 1 atom stereocenters. The molecule has 0 fully saturated rings. The summed E-state index contributed by atoms with van der Waals surface area (Å²) in [6.45, 7) is 0.272. The molecule has 0 aliphatic rings. The first kappa shape index (κ1) is 13.4. The van der Waals surface area contributed by atoms with Crippen molar-refractivity contribution < 1.29 is 18.1 Å². The van der Waals surface area contributed by atoms with Gasteiger partial charge in [-0.1, -0.05) is 18.2 Å². The molecule has 1 unspecified atom stereocenters. The summed E-state index contributed by atoms with van der Waals surface area (Å²) in [7, 11) is 0. The number of halogens is 3. The summed E-state index contributed by atoms with van der Waals surface area (Å²) < 4.78 is 36.0.